The number of pyridine rings is 1. The zero-order valence-corrected chi connectivity index (χ0v) is 31.3. The maximum atomic E-state index is 11.0. The summed E-state index contributed by atoms with van der Waals surface area (Å²) in [5.41, 5.74) is 10.9. The molecule has 6 aromatic rings. The fourth-order valence-corrected chi connectivity index (χ4v) is 8.37. The van der Waals surface area contributed by atoms with Gasteiger partial charge in [-0.3, -0.25) is 4.98 Å². The van der Waals surface area contributed by atoms with E-state index in [0.717, 1.165) is 27.9 Å². The van der Waals surface area contributed by atoms with Gasteiger partial charge >= 0.3 is 0 Å². The van der Waals surface area contributed by atoms with Crippen molar-refractivity contribution in [3.05, 3.63) is 126 Å². The minimum atomic E-state index is -0.255. The van der Waals surface area contributed by atoms with E-state index in [4.69, 9.17) is 14.4 Å². The van der Waals surface area contributed by atoms with Crippen molar-refractivity contribution in [3.8, 4) is 39.6 Å². The summed E-state index contributed by atoms with van der Waals surface area (Å²) in [5, 5.41) is 11.0. The fourth-order valence-electron chi connectivity index (χ4n) is 8.37. The molecule has 50 heavy (non-hydrogen) atoms. The number of benzene rings is 4. The maximum Gasteiger partial charge on any atom is 0.230 e. The van der Waals surface area contributed by atoms with Crippen LogP contribution in [-0.2, 0) is 26.5 Å². The average Bonchev–Trinajstić information content (AvgIpc) is 3.60. The number of hydrogen-bond donors (Lipinski definition) is 1. The van der Waals surface area contributed by atoms with Crippen LogP contribution in [0, 0.1) is 6.07 Å². The third-order valence-electron chi connectivity index (χ3n) is 11.2. The van der Waals surface area contributed by atoms with Crippen LogP contribution in [0.15, 0.2) is 102 Å². The summed E-state index contributed by atoms with van der Waals surface area (Å²) >= 11 is 0. The molecule has 2 heterocycles. The molecular weight excluding hydrogens is 796 g/mol. The van der Waals surface area contributed by atoms with Gasteiger partial charge in [-0.15, -0.1) is 29.3 Å². The van der Waals surface area contributed by atoms with Crippen LogP contribution in [0.2, 0.25) is 0 Å². The van der Waals surface area contributed by atoms with E-state index in [0.29, 0.717) is 28.9 Å². The Balaban J connectivity index is 0.00000392. The Hall–Kier alpha value is -4.01. The molecule has 5 heteroatoms. The molecule has 2 aliphatic rings. The number of aromatic hydroxyl groups is 1. The summed E-state index contributed by atoms with van der Waals surface area (Å²) in [6.45, 7) is 4.57. The van der Waals surface area contributed by atoms with Crippen LogP contribution in [-0.4, -0.2) is 15.1 Å². The minimum Gasteiger partial charge on any atom is -0.507 e. The first kappa shape index (κ1) is 34.4. The molecule has 0 amide bonds. The van der Waals surface area contributed by atoms with Crippen molar-refractivity contribution in [2.24, 2.45) is 0 Å². The van der Waals surface area contributed by atoms with Gasteiger partial charge in [0.25, 0.3) is 0 Å². The zero-order chi connectivity index (χ0) is 33.4. The number of phenols is 1. The van der Waals surface area contributed by atoms with E-state index in [1.165, 1.54) is 86.5 Å². The van der Waals surface area contributed by atoms with Gasteiger partial charge in [0, 0.05) is 38.4 Å². The van der Waals surface area contributed by atoms with Crippen molar-refractivity contribution in [3.63, 3.8) is 0 Å². The number of hydrogen-bond acceptors (Lipinski definition) is 4. The molecule has 0 saturated heterocycles. The molecule has 0 unspecified atom stereocenters. The normalized spacial score (nSPS) is 16.0. The van der Waals surface area contributed by atoms with Gasteiger partial charge in [-0.25, -0.2) is 4.98 Å². The maximum absolute atomic E-state index is 11.0. The summed E-state index contributed by atoms with van der Waals surface area (Å²) in [7, 11) is 0. The van der Waals surface area contributed by atoms with Gasteiger partial charge in [0.05, 0.1) is 11.1 Å². The van der Waals surface area contributed by atoms with Crippen LogP contribution in [0.4, 0.5) is 0 Å². The van der Waals surface area contributed by atoms with E-state index >= 15 is 0 Å². The second kappa shape index (κ2) is 14.7. The third-order valence-corrected chi connectivity index (χ3v) is 11.2. The molecule has 4 nitrogen and oxygen atoms in total. The molecule has 8 rings (SSSR count). The number of para-hydroxylation sites is 1. The Labute approximate surface area is 310 Å². The third kappa shape index (κ3) is 6.72. The summed E-state index contributed by atoms with van der Waals surface area (Å²) in [6.07, 6.45) is 14.3. The van der Waals surface area contributed by atoms with Gasteiger partial charge in [-0.05, 0) is 78.5 Å². The minimum absolute atomic E-state index is 0. The van der Waals surface area contributed by atoms with Crippen LogP contribution in [0.3, 0.4) is 0 Å². The van der Waals surface area contributed by atoms with Crippen molar-refractivity contribution in [1.29, 1.82) is 0 Å². The number of phenolic OH excluding ortho intramolecular Hbond substituents is 1. The average molecular weight is 841 g/mol. The first-order chi connectivity index (χ1) is 24.0. The van der Waals surface area contributed by atoms with E-state index in [2.05, 4.69) is 86.6 Å². The first-order valence-corrected chi connectivity index (χ1v) is 18.3. The fraction of sp³-hybridized carbons (Fsp3) is 0.333. The Kier molecular flexibility index (Phi) is 10.1. The SMILES string of the molecule is CC(C)(c1ccccc1)c1cccnc1-c1[c-]c(-c2cccc3oc(-c4cc(C5CCCCC5)ccc4O)nc23)cc(C2CCCCC2)c1.[Pt]. The molecule has 0 atom stereocenters. The van der Waals surface area contributed by atoms with Gasteiger partial charge in [0.15, 0.2) is 0 Å². The largest absolute Gasteiger partial charge is 0.507 e. The predicted octanol–water partition coefficient (Wildman–Crippen LogP) is 12.1. The molecule has 2 fully saturated rings. The Morgan fingerprint density at radius 3 is 2.14 bits per heavy atom. The quantitative estimate of drug-likeness (QED) is 0.163. The van der Waals surface area contributed by atoms with Gasteiger partial charge in [-0.2, -0.15) is 0 Å². The van der Waals surface area contributed by atoms with Crippen molar-refractivity contribution in [2.45, 2.75) is 95.3 Å². The molecule has 4 aromatic carbocycles. The molecule has 1 N–H and O–H groups in total. The summed E-state index contributed by atoms with van der Waals surface area (Å²) in [6, 6.07) is 35.6. The van der Waals surface area contributed by atoms with Crippen LogP contribution < -0.4 is 0 Å². The molecule has 0 bridgehead atoms. The zero-order valence-electron chi connectivity index (χ0n) is 29.0. The molecule has 2 aromatic heterocycles. The van der Waals surface area contributed by atoms with E-state index in [1.807, 2.05) is 30.5 Å². The molecule has 0 spiro atoms. The van der Waals surface area contributed by atoms with Gasteiger partial charge in [0.1, 0.15) is 11.3 Å². The Morgan fingerprint density at radius 2 is 1.40 bits per heavy atom. The Bertz CT molecular complexity index is 2090. The van der Waals surface area contributed by atoms with Crippen molar-refractivity contribution >= 4 is 11.1 Å². The monoisotopic (exact) mass is 840 g/mol. The number of rotatable bonds is 7. The molecule has 0 aliphatic heterocycles. The van der Waals surface area contributed by atoms with Crippen molar-refractivity contribution in [1.82, 2.24) is 9.97 Å². The number of aromatic nitrogens is 2. The smallest absolute Gasteiger partial charge is 0.230 e. The van der Waals surface area contributed by atoms with Crippen LogP contribution in [0.1, 0.15) is 112 Å². The second-order valence-corrected chi connectivity index (χ2v) is 14.7. The number of oxazole rings is 1. The number of fused-ring (bicyclic) bond motifs is 1. The van der Waals surface area contributed by atoms with Crippen molar-refractivity contribution in [2.75, 3.05) is 0 Å². The second-order valence-electron chi connectivity index (χ2n) is 14.7. The Morgan fingerprint density at radius 1 is 0.700 bits per heavy atom. The first-order valence-electron chi connectivity index (χ1n) is 18.3. The predicted molar refractivity (Wildman–Crippen MR) is 199 cm³/mol. The standard InChI is InChI=1S/C45H45N2O2.Pt/c1-45(2,36-18-10-5-11-19-36)39-21-13-25-46-42(39)35-27-33(31-16-8-4-9-17-31)26-34(28-35)37-20-12-22-41-43(37)47-44(49-41)38-29-32(23-24-40(38)48)30-14-6-3-7-15-30;/h5,10-13,18-27,29-31,48H,3-4,6-9,14-17H2,1-2H3;/q-1;. The molecule has 2 saturated carbocycles. The molecular formula is C45H45N2O2Pt-. The van der Waals surface area contributed by atoms with E-state index in [9.17, 15) is 5.11 Å². The van der Waals surface area contributed by atoms with Gasteiger partial charge in [0.2, 0.25) is 5.89 Å². The summed E-state index contributed by atoms with van der Waals surface area (Å²) in [4.78, 5) is 10.1. The topological polar surface area (TPSA) is 59.2 Å². The van der Waals surface area contributed by atoms with Gasteiger partial charge < -0.3 is 9.52 Å². The molecule has 258 valence electrons. The summed E-state index contributed by atoms with van der Waals surface area (Å²) < 4.78 is 6.42. The van der Waals surface area contributed by atoms with E-state index in [-0.39, 0.29) is 32.2 Å². The van der Waals surface area contributed by atoms with Crippen molar-refractivity contribution < 1.29 is 30.6 Å². The number of nitrogens with zero attached hydrogens (tertiary/aromatic N) is 2. The summed E-state index contributed by atoms with van der Waals surface area (Å²) in [5.74, 6) is 1.68. The van der Waals surface area contributed by atoms with E-state index < -0.39 is 0 Å². The van der Waals surface area contributed by atoms with Crippen LogP contribution in [0.5, 0.6) is 5.75 Å². The molecule has 2 aliphatic carbocycles. The van der Waals surface area contributed by atoms with Crippen LogP contribution >= 0.6 is 0 Å². The van der Waals surface area contributed by atoms with E-state index in [1.54, 1.807) is 0 Å². The van der Waals surface area contributed by atoms with Crippen LogP contribution in [0.25, 0.3) is 44.9 Å². The van der Waals surface area contributed by atoms with Gasteiger partial charge in [-0.1, -0.05) is 118 Å². The molecule has 0 radical (unpaired) electrons.